The molecule has 31 heavy (non-hydrogen) atoms. The normalized spacial score (nSPS) is 10.8. The number of aryl methyl sites for hydroxylation is 2. The molecule has 1 N–H and O–H groups in total. The monoisotopic (exact) mass is 450 g/mol. The highest BCUT2D eigenvalue weighted by molar-refractivity contribution is 7.99. The molecule has 156 valence electrons. The zero-order valence-electron chi connectivity index (χ0n) is 16.9. The molecular formula is C22H19ClN6OS. The van der Waals surface area contributed by atoms with Crippen LogP contribution in [0.1, 0.15) is 11.1 Å². The fourth-order valence-electron chi connectivity index (χ4n) is 2.94. The number of aromatic nitrogens is 5. The van der Waals surface area contributed by atoms with E-state index in [0.717, 1.165) is 16.8 Å². The van der Waals surface area contributed by atoms with Gasteiger partial charge in [0.05, 0.1) is 17.1 Å². The molecule has 0 aliphatic rings. The fraction of sp³-hybridized carbons (Fsp3) is 0.136. The molecule has 3 heterocycles. The van der Waals surface area contributed by atoms with Gasteiger partial charge in [0, 0.05) is 24.2 Å². The van der Waals surface area contributed by atoms with Gasteiger partial charge in [0.15, 0.2) is 16.1 Å². The summed E-state index contributed by atoms with van der Waals surface area (Å²) in [4.78, 5) is 20.5. The van der Waals surface area contributed by atoms with E-state index < -0.39 is 0 Å². The number of amides is 1. The zero-order valence-corrected chi connectivity index (χ0v) is 18.5. The zero-order chi connectivity index (χ0) is 21.8. The van der Waals surface area contributed by atoms with Gasteiger partial charge in [-0.1, -0.05) is 29.4 Å². The largest absolute Gasteiger partial charge is 0.323 e. The molecule has 0 fully saturated rings. The Labute approximate surface area is 188 Å². The van der Waals surface area contributed by atoms with E-state index in [0.29, 0.717) is 16.7 Å². The van der Waals surface area contributed by atoms with Crippen LogP contribution in [0, 0.1) is 13.8 Å². The molecule has 0 spiro atoms. The minimum absolute atomic E-state index is 0.143. The Morgan fingerprint density at radius 1 is 1.06 bits per heavy atom. The summed E-state index contributed by atoms with van der Waals surface area (Å²) < 4.78 is 1.96. The van der Waals surface area contributed by atoms with Crippen LogP contribution < -0.4 is 5.32 Å². The van der Waals surface area contributed by atoms with Gasteiger partial charge in [0.1, 0.15) is 0 Å². The second kappa shape index (κ2) is 9.28. The first kappa shape index (κ1) is 21.0. The molecule has 0 bridgehead atoms. The van der Waals surface area contributed by atoms with Gasteiger partial charge in [0.2, 0.25) is 5.91 Å². The number of pyridine rings is 2. The molecule has 0 aliphatic carbocycles. The van der Waals surface area contributed by atoms with Crippen molar-refractivity contribution in [1.29, 1.82) is 0 Å². The predicted molar refractivity (Wildman–Crippen MR) is 123 cm³/mol. The smallest absolute Gasteiger partial charge is 0.234 e. The molecule has 4 rings (SSSR count). The lowest BCUT2D eigenvalue weighted by Gasteiger charge is -2.12. The number of hydrogen-bond donors (Lipinski definition) is 1. The van der Waals surface area contributed by atoms with E-state index in [1.807, 2.05) is 22.8 Å². The molecule has 7 nitrogen and oxygen atoms in total. The van der Waals surface area contributed by atoms with E-state index in [2.05, 4.69) is 51.5 Å². The number of halogens is 1. The molecule has 0 atom stereocenters. The third kappa shape index (κ3) is 4.76. The Balaban J connectivity index is 1.63. The average molecular weight is 451 g/mol. The van der Waals surface area contributed by atoms with Gasteiger partial charge in [-0.25, -0.2) is 4.98 Å². The van der Waals surface area contributed by atoms with Crippen molar-refractivity contribution in [3.05, 3.63) is 77.3 Å². The highest BCUT2D eigenvalue weighted by atomic mass is 35.5. The highest BCUT2D eigenvalue weighted by Gasteiger charge is 2.18. The Morgan fingerprint density at radius 3 is 2.61 bits per heavy atom. The van der Waals surface area contributed by atoms with Crippen molar-refractivity contribution in [1.82, 2.24) is 24.7 Å². The molecule has 0 radical (unpaired) electrons. The van der Waals surface area contributed by atoms with Crippen LogP contribution in [0.3, 0.4) is 0 Å². The molecule has 0 unspecified atom stereocenters. The van der Waals surface area contributed by atoms with Gasteiger partial charge >= 0.3 is 0 Å². The summed E-state index contributed by atoms with van der Waals surface area (Å²) in [6.07, 6.45) is 5.00. The number of carbonyl (C=O) groups is 1. The van der Waals surface area contributed by atoms with Crippen LogP contribution in [0.4, 0.5) is 5.69 Å². The number of carbonyl (C=O) groups excluding carboxylic acids is 1. The fourth-order valence-corrected chi connectivity index (χ4v) is 3.86. The van der Waals surface area contributed by atoms with E-state index in [-0.39, 0.29) is 16.8 Å². The van der Waals surface area contributed by atoms with E-state index in [4.69, 9.17) is 11.6 Å². The summed E-state index contributed by atoms with van der Waals surface area (Å²) in [5, 5.41) is 12.4. The second-order valence-electron chi connectivity index (χ2n) is 6.82. The molecule has 4 aromatic rings. The standard InChI is InChI=1S/C22H19ClN6OS/c1-14-5-6-17(12-15(14)2)29-21(16-7-10-24-11-8-16)27-28-22(29)31-13-19(30)26-18-4-3-9-25-20(18)23/h3-12H,13H2,1-2H3,(H,26,30). The van der Waals surface area contributed by atoms with Crippen LogP contribution in [0.15, 0.2) is 66.2 Å². The van der Waals surface area contributed by atoms with E-state index in [9.17, 15) is 4.79 Å². The number of thioether (sulfide) groups is 1. The molecule has 3 aromatic heterocycles. The van der Waals surface area contributed by atoms with Crippen LogP contribution in [0.25, 0.3) is 17.1 Å². The summed E-state index contributed by atoms with van der Waals surface area (Å²) in [6, 6.07) is 13.4. The maximum absolute atomic E-state index is 12.5. The van der Waals surface area contributed by atoms with E-state index in [1.165, 1.54) is 17.3 Å². The minimum atomic E-state index is -0.208. The van der Waals surface area contributed by atoms with Gasteiger partial charge in [0.25, 0.3) is 0 Å². The first-order valence-corrected chi connectivity index (χ1v) is 10.9. The van der Waals surface area contributed by atoms with Gasteiger partial charge in [-0.3, -0.25) is 14.3 Å². The first-order valence-electron chi connectivity index (χ1n) is 9.49. The molecular weight excluding hydrogens is 432 g/mol. The van der Waals surface area contributed by atoms with Gasteiger partial charge in [-0.15, -0.1) is 10.2 Å². The molecule has 1 amide bonds. The minimum Gasteiger partial charge on any atom is -0.323 e. The predicted octanol–water partition coefficient (Wildman–Crippen LogP) is 4.73. The Bertz CT molecular complexity index is 1230. The molecule has 1 aromatic carbocycles. The lowest BCUT2D eigenvalue weighted by Crippen LogP contribution is -2.15. The van der Waals surface area contributed by atoms with Crippen LogP contribution in [0.5, 0.6) is 0 Å². The molecule has 0 saturated carbocycles. The van der Waals surface area contributed by atoms with Crippen LogP contribution >= 0.6 is 23.4 Å². The topological polar surface area (TPSA) is 85.6 Å². The summed E-state index contributed by atoms with van der Waals surface area (Å²) in [5.41, 5.74) is 4.65. The molecule has 9 heteroatoms. The Kier molecular flexibility index (Phi) is 6.29. The van der Waals surface area contributed by atoms with Crippen molar-refractivity contribution in [3.63, 3.8) is 0 Å². The number of anilines is 1. The van der Waals surface area contributed by atoms with E-state index in [1.54, 1.807) is 30.7 Å². The van der Waals surface area contributed by atoms with Crippen LogP contribution in [-0.2, 0) is 4.79 Å². The van der Waals surface area contributed by atoms with Crippen molar-refractivity contribution in [2.24, 2.45) is 0 Å². The summed E-state index contributed by atoms with van der Waals surface area (Å²) in [7, 11) is 0. The molecule has 0 aliphatic heterocycles. The third-order valence-electron chi connectivity index (χ3n) is 4.69. The quantitative estimate of drug-likeness (QED) is 0.337. The van der Waals surface area contributed by atoms with Crippen LogP contribution in [-0.4, -0.2) is 36.4 Å². The number of rotatable bonds is 6. The summed E-state index contributed by atoms with van der Waals surface area (Å²) >= 11 is 7.32. The maximum Gasteiger partial charge on any atom is 0.234 e. The number of benzene rings is 1. The summed E-state index contributed by atoms with van der Waals surface area (Å²) in [5.74, 6) is 0.619. The lowest BCUT2D eigenvalue weighted by atomic mass is 10.1. The number of nitrogens with zero attached hydrogens (tertiary/aromatic N) is 5. The van der Waals surface area contributed by atoms with E-state index >= 15 is 0 Å². The lowest BCUT2D eigenvalue weighted by molar-refractivity contribution is -0.113. The van der Waals surface area contributed by atoms with Gasteiger partial charge < -0.3 is 5.32 Å². The van der Waals surface area contributed by atoms with Crippen molar-refractivity contribution >= 4 is 35.0 Å². The average Bonchev–Trinajstić information content (AvgIpc) is 3.20. The van der Waals surface area contributed by atoms with Crippen molar-refractivity contribution in [2.45, 2.75) is 19.0 Å². The third-order valence-corrected chi connectivity index (χ3v) is 5.92. The Hall–Kier alpha value is -3.23. The number of nitrogens with one attached hydrogen (secondary N) is 1. The van der Waals surface area contributed by atoms with Gasteiger partial charge in [-0.05, 0) is 61.4 Å². The first-order chi connectivity index (χ1) is 15.0. The molecule has 0 saturated heterocycles. The van der Waals surface area contributed by atoms with Crippen molar-refractivity contribution < 1.29 is 4.79 Å². The van der Waals surface area contributed by atoms with Crippen molar-refractivity contribution in [3.8, 4) is 17.1 Å². The second-order valence-corrected chi connectivity index (χ2v) is 8.13. The Morgan fingerprint density at radius 2 is 1.87 bits per heavy atom. The van der Waals surface area contributed by atoms with Gasteiger partial charge in [-0.2, -0.15) is 0 Å². The summed E-state index contributed by atoms with van der Waals surface area (Å²) in [6.45, 7) is 4.13. The maximum atomic E-state index is 12.5. The van der Waals surface area contributed by atoms with Crippen LogP contribution in [0.2, 0.25) is 5.15 Å². The SMILES string of the molecule is Cc1ccc(-n2c(SCC(=O)Nc3cccnc3Cl)nnc2-c2ccncc2)cc1C. The highest BCUT2D eigenvalue weighted by Crippen LogP contribution is 2.29. The number of hydrogen-bond acceptors (Lipinski definition) is 6. The van der Waals surface area contributed by atoms with Crippen molar-refractivity contribution in [2.75, 3.05) is 11.1 Å².